The van der Waals surface area contributed by atoms with Crippen LogP contribution in [-0.4, -0.2) is 31.7 Å². The number of aryl methyl sites for hydroxylation is 1. The molecule has 0 bridgehead atoms. The van der Waals surface area contributed by atoms with Crippen LogP contribution in [0.4, 0.5) is 0 Å². The van der Waals surface area contributed by atoms with Crippen molar-refractivity contribution in [1.29, 1.82) is 0 Å². The second kappa shape index (κ2) is 4.20. The van der Waals surface area contributed by atoms with Crippen molar-refractivity contribution in [1.82, 2.24) is 20.0 Å². The smallest absolute Gasteiger partial charge is 0.276 e. The third-order valence-electron chi connectivity index (χ3n) is 3.16. The molecule has 3 rings (SSSR count). The maximum Gasteiger partial charge on any atom is 0.276 e. The van der Waals surface area contributed by atoms with Crippen molar-refractivity contribution in [3.8, 4) is 0 Å². The fourth-order valence-corrected chi connectivity index (χ4v) is 2.43. The molecule has 1 saturated heterocycles. The van der Waals surface area contributed by atoms with Crippen molar-refractivity contribution in [3.05, 3.63) is 23.7 Å². The van der Waals surface area contributed by atoms with Crippen molar-refractivity contribution in [3.63, 3.8) is 0 Å². The standard InChI is InChI=1S/C12H14N4OS/c1-2-15-9(5-6-13-15)7-10-11(17)16(8-3-4-8)12(18)14-10/h5-8H,2-4H2,1H3,(H,14,18)/b10-7+. The first-order valence-corrected chi connectivity index (χ1v) is 6.49. The monoisotopic (exact) mass is 262 g/mol. The first kappa shape index (κ1) is 11.4. The third kappa shape index (κ3) is 1.82. The molecule has 0 radical (unpaired) electrons. The number of hydrogen-bond acceptors (Lipinski definition) is 3. The van der Waals surface area contributed by atoms with E-state index in [0.717, 1.165) is 25.1 Å². The lowest BCUT2D eigenvalue weighted by Gasteiger charge is -2.11. The number of rotatable bonds is 3. The van der Waals surface area contributed by atoms with E-state index in [4.69, 9.17) is 12.2 Å². The van der Waals surface area contributed by atoms with Gasteiger partial charge in [0.15, 0.2) is 5.11 Å². The van der Waals surface area contributed by atoms with E-state index in [2.05, 4.69) is 10.4 Å². The topological polar surface area (TPSA) is 50.2 Å². The highest BCUT2D eigenvalue weighted by Gasteiger charge is 2.41. The van der Waals surface area contributed by atoms with Gasteiger partial charge in [-0.2, -0.15) is 5.10 Å². The Kier molecular flexibility index (Phi) is 2.66. The number of carbonyl (C=O) groups excluding carboxylic acids is 1. The molecule has 1 aliphatic heterocycles. The third-order valence-corrected chi connectivity index (χ3v) is 3.46. The van der Waals surface area contributed by atoms with Crippen molar-refractivity contribution in [2.75, 3.05) is 0 Å². The number of thiocarbonyl (C=S) groups is 1. The van der Waals surface area contributed by atoms with Gasteiger partial charge in [0.1, 0.15) is 5.70 Å². The number of nitrogens with one attached hydrogen (secondary N) is 1. The molecule has 1 aromatic heterocycles. The number of carbonyl (C=O) groups is 1. The number of amides is 1. The first-order valence-electron chi connectivity index (χ1n) is 6.08. The highest BCUT2D eigenvalue weighted by Crippen LogP contribution is 2.30. The van der Waals surface area contributed by atoms with Gasteiger partial charge in [0.2, 0.25) is 0 Å². The zero-order valence-corrected chi connectivity index (χ0v) is 10.9. The Balaban J connectivity index is 1.89. The van der Waals surface area contributed by atoms with Gasteiger partial charge >= 0.3 is 0 Å². The molecule has 18 heavy (non-hydrogen) atoms. The normalized spacial score (nSPS) is 21.8. The van der Waals surface area contributed by atoms with Gasteiger partial charge in [0.25, 0.3) is 5.91 Å². The van der Waals surface area contributed by atoms with Crippen LogP contribution >= 0.6 is 12.2 Å². The Bertz CT molecular complexity index is 544. The van der Waals surface area contributed by atoms with Crippen LogP contribution in [0.15, 0.2) is 18.0 Å². The summed E-state index contributed by atoms with van der Waals surface area (Å²) in [5.41, 5.74) is 1.45. The highest BCUT2D eigenvalue weighted by molar-refractivity contribution is 7.80. The quantitative estimate of drug-likeness (QED) is 0.655. The van der Waals surface area contributed by atoms with Crippen molar-refractivity contribution < 1.29 is 4.79 Å². The summed E-state index contributed by atoms with van der Waals surface area (Å²) >= 11 is 5.20. The molecule has 5 nitrogen and oxygen atoms in total. The van der Waals surface area contributed by atoms with E-state index in [1.807, 2.05) is 23.7 Å². The van der Waals surface area contributed by atoms with Crippen molar-refractivity contribution >= 4 is 29.3 Å². The van der Waals surface area contributed by atoms with Crippen LogP contribution < -0.4 is 5.32 Å². The minimum absolute atomic E-state index is 0.0219. The molecule has 1 aromatic rings. The summed E-state index contributed by atoms with van der Waals surface area (Å²) in [6.45, 7) is 2.79. The molecule has 1 saturated carbocycles. The molecule has 0 spiro atoms. The van der Waals surface area contributed by atoms with Gasteiger partial charge in [-0.25, -0.2) is 0 Å². The van der Waals surface area contributed by atoms with E-state index < -0.39 is 0 Å². The minimum atomic E-state index is -0.0219. The second-order valence-corrected chi connectivity index (χ2v) is 4.85. The Hall–Kier alpha value is -1.69. The van der Waals surface area contributed by atoms with Gasteiger partial charge in [0.05, 0.1) is 5.69 Å². The molecule has 0 atom stereocenters. The number of nitrogens with zero attached hydrogens (tertiary/aromatic N) is 3. The molecule has 2 heterocycles. The largest absolute Gasteiger partial charge is 0.328 e. The van der Waals surface area contributed by atoms with E-state index in [1.165, 1.54) is 0 Å². The van der Waals surface area contributed by atoms with Crippen LogP contribution in [0.5, 0.6) is 0 Å². The molecule has 94 valence electrons. The molecule has 1 aliphatic carbocycles. The fraction of sp³-hybridized carbons (Fsp3) is 0.417. The van der Waals surface area contributed by atoms with E-state index >= 15 is 0 Å². The van der Waals surface area contributed by atoms with Crippen LogP contribution in [-0.2, 0) is 11.3 Å². The van der Waals surface area contributed by atoms with Gasteiger partial charge in [-0.05, 0) is 44.1 Å². The maximum absolute atomic E-state index is 12.2. The highest BCUT2D eigenvalue weighted by atomic mass is 32.1. The summed E-state index contributed by atoms with van der Waals surface area (Å²) < 4.78 is 1.84. The molecule has 2 fully saturated rings. The minimum Gasteiger partial charge on any atom is -0.328 e. The van der Waals surface area contributed by atoms with E-state index in [0.29, 0.717) is 16.9 Å². The SMILES string of the molecule is CCn1nccc1/C=C1/NC(=S)N(C2CC2)C1=O. The average molecular weight is 262 g/mol. The van der Waals surface area contributed by atoms with Crippen LogP contribution in [0.3, 0.4) is 0 Å². The molecular formula is C12H14N4OS. The lowest BCUT2D eigenvalue weighted by atomic mass is 10.3. The average Bonchev–Trinajstić information content (AvgIpc) is 3.00. The van der Waals surface area contributed by atoms with Crippen molar-refractivity contribution in [2.45, 2.75) is 32.4 Å². The summed E-state index contributed by atoms with van der Waals surface area (Å²) in [7, 11) is 0. The van der Waals surface area contributed by atoms with E-state index in [1.54, 1.807) is 11.1 Å². The molecule has 6 heteroatoms. The summed E-state index contributed by atoms with van der Waals surface area (Å²) in [5, 5.41) is 7.69. The molecule has 2 aliphatic rings. The van der Waals surface area contributed by atoms with E-state index in [-0.39, 0.29) is 5.91 Å². The van der Waals surface area contributed by atoms with Crippen LogP contribution in [0.1, 0.15) is 25.5 Å². The molecule has 0 aromatic carbocycles. The van der Waals surface area contributed by atoms with Crippen LogP contribution in [0.2, 0.25) is 0 Å². The van der Waals surface area contributed by atoms with Crippen LogP contribution in [0, 0.1) is 0 Å². The summed E-state index contributed by atoms with van der Waals surface area (Å²) in [6, 6.07) is 2.19. The lowest BCUT2D eigenvalue weighted by Crippen LogP contribution is -2.32. The first-order chi connectivity index (χ1) is 8.70. The van der Waals surface area contributed by atoms with Crippen molar-refractivity contribution in [2.24, 2.45) is 0 Å². The van der Waals surface area contributed by atoms with Gasteiger partial charge < -0.3 is 5.32 Å². The Morgan fingerprint density at radius 3 is 3.06 bits per heavy atom. The van der Waals surface area contributed by atoms with E-state index in [9.17, 15) is 4.79 Å². The molecule has 0 unspecified atom stereocenters. The predicted molar refractivity (Wildman–Crippen MR) is 71.5 cm³/mol. The molecule has 1 amide bonds. The Labute approximate surface area is 110 Å². The Morgan fingerprint density at radius 1 is 1.61 bits per heavy atom. The van der Waals surface area contributed by atoms with Gasteiger partial charge in [-0.3, -0.25) is 14.4 Å². The number of hydrogen-bond donors (Lipinski definition) is 1. The zero-order valence-electron chi connectivity index (χ0n) is 10.1. The second-order valence-electron chi connectivity index (χ2n) is 4.47. The molecular weight excluding hydrogens is 248 g/mol. The predicted octanol–water partition coefficient (Wildman–Crippen LogP) is 1.12. The van der Waals surface area contributed by atoms with Crippen LogP contribution in [0.25, 0.3) is 6.08 Å². The summed E-state index contributed by atoms with van der Waals surface area (Å²) in [4.78, 5) is 13.9. The summed E-state index contributed by atoms with van der Waals surface area (Å²) in [6.07, 6.45) is 5.64. The fourth-order valence-electron chi connectivity index (χ4n) is 2.09. The number of aromatic nitrogens is 2. The molecule has 1 N–H and O–H groups in total. The maximum atomic E-state index is 12.2. The van der Waals surface area contributed by atoms with Gasteiger partial charge in [-0.15, -0.1) is 0 Å². The lowest BCUT2D eigenvalue weighted by molar-refractivity contribution is -0.122. The van der Waals surface area contributed by atoms with Gasteiger partial charge in [-0.1, -0.05) is 0 Å². The Morgan fingerprint density at radius 2 is 2.39 bits per heavy atom. The summed E-state index contributed by atoms with van der Waals surface area (Å²) in [5.74, 6) is -0.0219. The van der Waals surface area contributed by atoms with Gasteiger partial charge in [0, 0.05) is 18.8 Å². The zero-order chi connectivity index (χ0) is 12.7.